The lowest BCUT2D eigenvalue weighted by Gasteiger charge is -2.12. The molecule has 0 radical (unpaired) electrons. The lowest BCUT2D eigenvalue weighted by Crippen LogP contribution is -2.25. The van der Waals surface area contributed by atoms with E-state index in [4.69, 9.17) is 10.5 Å². The molecular formula is C26H28F2N6O2. The van der Waals surface area contributed by atoms with Crippen LogP contribution in [0.2, 0.25) is 0 Å². The van der Waals surface area contributed by atoms with Crippen molar-refractivity contribution >= 4 is 23.1 Å². The Morgan fingerprint density at radius 1 is 1.11 bits per heavy atom. The molecule has 2 heterocycles. The van der Waals surface area contributed by atoms with Crippen LogP contribution in [0, 0.1) is 18.6 Å². The smallest absolute Gasteiger partial charge is 0.251 e. The number of ether oxygens (including phenoxy) is 1. The van der Waals surface area contributed by atoms with Gasteiger partial charge in [0, 0.05) is 35.8 Å². The Hall–Kier alpha value is -4.05. The van der Waals surface area contributed by atoms with Crippen molar-refractivity contribution in [1.82, 2.24) is 19.7 Å². The van der Waals surface area contributed by atoms with Crippen molar-refractivity contribution in [2.75, 3.05) is 25.5 Å². The van der Waals surface area contributed by atoms with Gasteiger partial charge < -0.3 is 21.1 Å². The monoisotopic (exact) mass is 494 g/mol. The molecule has 10 heteroatoms. The van der Waals surface area contributed by atoms with Crippen LogP contribution in [-0.4, -0.2) is 40.5 Å². The number of unbranched alkanes of at least 4 members (excludes halogenated alkanes) is 2. The van der Waals surface area contributed by atoms with Crippen LogP contribution in [0.4, 0.5) is 20.3 Å². The number of methoxy groups -OCH3 is 1. The fraction of sp³-hybridized carbons (Fsp3) is 0.269. The minimum atomic E-state index is -1.06. The number of anilines is 2. The number of fused-ring (bicyclic) bond motifs is 1. The first kappa shape index (κ1) is 25.1. The van der Waals surface area contributed by atoms with Crippen molar-refractivity contribution in [2.24, 2.45) is 5.73 Å². The van der Waals surface area contributed by atoms with Crippen molar-refractivity contribution in [3.05, 3.63) is 71.7 Å². The van der Waals surface area contributed by atoms with Gasteiger partial charge in [0.1, 0.15) is 0 Å². The largest absolute Gasteiger partial charge is 0.494 e. The molecule has 8 nitrogen and oxygen atoms in total. The van der Waals surface area contributed by atoms with E-state index in [1.54, 1.807) is 22.7 Å². The van der Waals surface area contributed by atoms with E-state index >= 15 is 0 Å². The number of rotatable bonds is 10. The number of nitrogens with two attached hydrogens (primary N) is 1. The molecule has 0 aliphatic rings. The molecule has 2 aromatic carbocycles. The van der Waals surface area contributed by atoms with Gasteiger partial charge in [0.05, 0.1) is 19.0 Å². The van der Waals surface area contributed by atoms with E-state index in [1.807, 2.05) is 13.0 Å². The van der Waals surface area contributed by atoms with Gasteiger partial charge in [-0.05, 0) is 62.2 Å². The lowest BCUT2D eigenvalue weighted by molar-refractivity contribution is 0.0952. The second-order valence-electron chi connectivity index (χ2n) is 8.32. The number of benzene rings is 2. The van der Waals surface area contributed by atoms with Crippen LogP contribution in [0.5, 0.6) is 5.75 Å². The quantitative estimate of drug-likeness (QED) is 0.278. The Morgan fingerprint density at radius 3 is 2.69 bits per heavy atom. The highest BCUT2D eigenvalue weighted by Crippen LogP contribution is 2.31. The summed E-state index contributed by atoms with van der Waals surface area (Å²) in [7, 11) is 1.28. The molecule has 0 spiro atoms. The van der Waals surface area contributed by atoms with Crippen LogP contribution in [0.25, 0.3) is 16.9 Å². The fourth-order valence-corrected chi connectivity index (χ4v) is 3.97. The fourth-order valence-electron chi connectivity index (χ4n) is 3.97. The Labute approximate surface area is 207 Å². The standard InChI is InChI=1S/C26H28F2N6O2/c1-16-14-17(6-7-18(16)26(35)31-11-5-3-4-10-29)33-24-25-32-15-20(34(25)13-12-30-24)19-8-9-21(36-2)23(28)22(19)27/h6-9,12-15H,3-5,10-11,29H2,1-2H3,(H,30,33)(H,31,35). The van der Waals surface area contributed by atoms with Gasteiger partial charge in [0.25, 0.3) is 5.91 Å². The highest BCUT2D eigenvalue weighted by atomic mass is 19.2. The molecule has 0 fully saturated rings. The first-order valence-corrected chi connectivity index (χ1v) is 11.6. The number of hydrogen-bond donors (Lipinski definition) is 3. The van der Waals surface area contributed by atoms with Crippen molar-refractivity contribution in [1.29, 1.82) is 0 Å². The summed E-state index contributed by atoms with van der Waals surface area (Å²) in [6.07, 6.45) is 7.43. The topological polar surface area (TPSA) is 107 Å². The van der Waals surface area contributed by atoms with E-state index in [-0.39, 0.29) is 17.2 Å². The molecule has 4 N–H and O–H groups in total. The molecule has 0 aliphatic heterocycles. The first-order chi connectivity index (χ1) is 17.4. The van der Waals surface area contributed by atoms with Crippen molar-refractivity contribution < 1.29 is 18.3 Å². The molecule has 188 valence electrons. The van der Waals surface area contributed by atoms with Gasteiger partial charge in [-0.15, -0.1) is 0 Å². The Bertz CT molecular complexity index is 1390. The molecular weight excluding hydrogens is 466 g/mol. The van der Waals surface area contributed by atoms with Crippen LogP contribution < -0.4 is 21.1 Å². The summed E-state index contributed by atoms with van der Waals surface area (Å²) in [6.45, 7) is 3.11. The SMILES string of the molecule is COc1ccc(-c2cnc3c(Nc4ccc(C(=O)NCCCCCN)c(C)c4)nccn23)c(F)c1F. The average molecular weight is 495 g/mol. The predicted octanol–water partition coefficient (Wildman–Crippen LogP) is 4.59. The molecule has 0 aliphatic carbocycles. The summed E-state index contributed by atoms with van der Waals surface area (Å²) in [5.74, 6) is -1.96. The number of carbonyl (C=O) groups excluding carboxylic acids is 1. The number of carbonyl (C=O) groups is 1. The molecule has 0 saturated carbocycles. The highest BCUT2D eigenvalue weighted by molar-refractivity contribution is 5.96. The van der Waals surface area contributed by atoms with E-state index in [0.29, 0.717) is 41.5 Å². The predicted molar refractivity (Wildman–Crippen MR) is 135 cm³/mol. The highest BCUT2D eigenvalue weighted by Gasteiger charge is 2.19. The lowest BCUT2D eigenvalue weighted by atomic mass is 10.1. The maximum Gasteiger partial charge on any atom is 0.251 e. The summed E-state index contributed by atoms with van der Waals surface area (Å²) in [5, 5.41) is 6.14. The molecule has 1 amide bonds. The Morgan fingerprint density at radius 2 is 1.94 bits per heavy atom. The van der Waals surface area contributed by atoms with Gasteiger partial charge in [-0.25, -0.2) is 14.4 Å². The van der Waals surface area contributed by atoms with E-state index < -0.39 is 11.6 Å². The second kappa shape index (κ2) is 11.1. The zero-order valence-electron chi connectivity index (χ0n) is 20.1. The number of aromatic nitrogens is 3. The van der Waals surface area contributed by atoms with Crippen LogP contribution in [0.1, 0.15) is 35.2 Å². The van der Waals surface area contributed by atoms with Crippen molar-refractivity contribution in [3.8, 4) is 17.0 Å². The van der Waals surface area contributed by atoms with Gasteiger partial charge in [0.2, 0.25) is 5.82 Å². The van der Waals surface area contributed by atoms with E-state index in [1.165, 1.54) is 31.6 Å². The minimum Gasteiger partial charge on any atom is -0.494 e. The molecule has 0 saturated heterocycles. The van der Waals surface area contributed by atoms with Gasteiger partial charge >= 0.3 is 0 Å². The van der Waals surface area contributed by atoms with Crippen molar-refractivity contribution in [3.63, 3.8) is 0 Å². The van der Waals surface area contributed by atoms with E-state index in [9.17, 15) is 13.6 Å². The molecule has 4 rings (SSSR count). The van der Waals surface area contributed by atoms with Crippen LogP contribution >= 0.6 is 0 Å². The second-order valence-corrected chi connectivity index (χ2v) is 8.32. The number of hydrogen-bond acceptors (Lipinski definition) is 6. The molecule has 0 bridgehead atoms. The summed E-state index contributed by atoms with van der Waals surface area (Å²) in [4.78, 5) is 21.3. The number of imidazole rings is 1. The number of nitrogens with zero attached hydrogens (tertiary/aromatic N) is 3. The van der Waals surface area contributed by atoms with Gasteiger partial charge in [-0.3, -0.25) is 9.20 Å². The zero-order valence-corrected chi connectivity index (χ0v) is 20.1. The van der Waals surface area contributed by atoms with Crippen LogP contribution in [0.15, 0.2) is 48.9 Å². The summed E-state index contributed by atoms with van der Waals surface area (Å²) in [5.41, 5.74) is 8.43. The third kappa shape index (κ3) is 5.13. The molecule has 0 unspecified atom stereocenters. The Balaban J connectivity index is 1.54. The van der Waals surface area contributed by atoms with Crippen LogP contribution in [0.3, 0.4) is 0 Å². The molecule has 0 atom stereocenters. The number of nitrogens with one attached hydrogen (secondary N) is 2. The van der Waals surface area contributed by atoms with Crippen LogP contribution in [-0.2, 0) is 0 Å². The summed E-state index contributed by atoms with van der Waals surface area (Å²) in [6, 6.07) is 8.19. The van der Waals surface area contributed by atoms with Gasteiger partial charge in [-0.1, -0.05) is 6.42 Å². The first-order valence-electron chi connectivity index (χ1n) is 11.6. The van der Waals surface area contributed by atoms with Gasteiger partial charge in [-0.2, -0.15) is 4.39 Å². The number of amides is 1. The molecule has 2 aromatic heterocycles. The third-order valence-corrected chi connectivity index (χ3v) is 5.87. The van der Waals surface area contributed by atoms with E-state index in [2.05, 4.69) is 20.6 Å². The average Bonchev–Trinajstić information content (AvgIpc) is 3.30. The van der Waals surface area contributed by atoms with Crippen molar-refractivity contribution in [2.45, 2.75) is 26.2 Å². The maximum absolute atomic E-state index is 14.7. The van der Waals surface area contributed by atoms with E-state index in [0.717, 1.165) is 24.8 Å². The maximum atomic E-state index is 14.7. The molecule has 36 heavy (non-hydrogen) atoms. The normalized spacial score (nSPS) is 11.0. The third-order valence-electron chi connectivity index (χ3n) is 5.87. The van der Waals surface area contributed by atoms with Gasteiger partial charge in [0.15, 0.2) is 23.0 Å². The number of aryl methyl sites for hydroxylation is 1. The zero-order chi connectivity index (χ0) is 25.7. The molecule has 4 aromatic rings. The minimum absolute atomic E-state index is 0.0483. The Kier molecular flexibility index (Phi) is 7.74. The summed E-state index contributed by atoms with van der Waals surface area (Å²) < 4.78 is 35.5. The summed E-state index contributed by atoms with van der Waals surface area (Å²) >= 11 is 0. The number of halogens is 2.